The van der Waals surface area contributed by atoms with Crippen molar-refractivity contribution in [3.63, 3.8) is 0 Å². The lowest BCUT2D eigenvalue weighted by Gasteiger charge is -2.12. The summed E-state index contributed by atoms with van der Waals surface area (Å²) in [6.45, 7) is 0.327. The molecule has 0 bridgehead atoms. The summed E-state index contributed by atoms with van der Waals surface area (Å²) in [4.78, 5) is 14.0. The van der Waals surface area contributed by atoms with Crippen molar-refractivity contribution in [2.24, 2.45) is 5.73 Å². The van der Waals surface area contributed by atoms with Crippen molar-refractivity contribution in [3.05, 3.63) is 52.1 Å². The van der Waals surface area contributed by atoms with Gasteiger partial charge in [-0.25, -0.2) is 13.8 Å². The lowest BCUT2D eigenvalue weighted by atomic mass is 10.1. The fourth-order valence-electron chi connectivity index (χ4n) is 1.92. The molecule has 0 saturated carbocycles. The van der Waals surface area contributed by atoms with E-state index in [0.29, 0.717) is 18.8 Å². The zero-order valence-corrected chi connectivity index (χ0v) is 10.4. The molecule has 1 aromatic heterocycles. The Labute approximate surface area is 113 Å². The minimum atomic E-state index is -2.82. The Morgan fingerprint density at radius 3 is 2.80 bits per heavy atom. The second-order valence-corrected chi connectivity index (χ2v) is 4.05. The van der Waals surface area contributed by atoms with Gasteiger partial charge in [0.15, 0.2) is 0 Å². The van der Waals surface area contributed by atoms with Gasteiger partial charge >= 0.3 is 0 Å². The van der Waals surface area contributed by atoms with Crippen molar-refractivity contribution < 1.29 is 13.7 Å². The highest BCUT2D eigenvalue weighted by Gasteiger charge is 2.20. The Kier molecular flexibility index (Phi) is 4.04. The van der Waals surface area contributed by atoms with E-state index in [9.17, 15) is 18.9 Å². The maximum absolute atomic E-state index is 13.1. The minimum absolute atomic E-state index is 0.173. The molecular formula is C12H12F2N4O2. The van der Waals surface area contributed by atoms with Gasteiger partial charge in [-0.05, 0) is 12.6 Å². The Balaban J connectivity index is 2.55. The number of nitrogens with two attached hydrogens (primary N) is 1. The number of nitro benzene ring substituents is 1. The molecule has 8 heteroatoms. The van der Waals surface area contributed by atoms with Crippen molar-refractivity contribution >= 4 is 5.69 Å². The van der Waals surface area contributed by atoms with Gasteiger partial charge in [-0.1, -0.05) is 0 Å². The van der Waals surface area contributed by atoms with Crippen LogP contribution in [0.15, 0.2) is 30.6 Å². The van der Waals surface area contributed by atoms with Crippen LogP contribution in [0, 0.1) is 10.1 Å². The van der Waals surface area contributed by atoms with Crippen LogP contribution in [0.2, 0.25) is 0 Å². The number of rotatable bonds is 5. The van der Waals surface area contributed by atoms with E-state index < -0.39 is 16.9 Å². The summed E-state index contributed by atoms with van der Waals surface area (Å²) in [7, 11) is 0. The Morgan fingerprint density at radius 2 is 2.20 bits per heavy atom. The normalized spacial score (nSPS) is 11.0. The lowest BCUT2D eigenvalue weighted by molar-refractivity contribution is -0.385. The van der Waals surface area contributed by atoms with Crippen LogP contribution in [0.5, 0.6) is 0 Å². The summed E-state index contributed by atoms with van der Waals surface area (Å²) in [6.07, 6.45) is 0.602. The molecule has 0 aliphatic carbocycles. The summed E-state index contributed by atoms with van der Waals surface area (Å²) in [5, 5.41) is 10.7. The quantitative estimate of drug-likeness (QED) is 0.672. The van der Waals surface area contributed by atoms with Crippen molar-refractivity contribution in [2.45, 2.75) is 12.8 Å². The smallest absolute Gasteiger partial charge is 0.270 e. The summed E-state index contributed by atoms with van der Waals surface area (Å²) in [5.41, 5.74) is 4.83. The number of hydrogen-bond acceptors (Lipinski definition) is 4. The molecule has 2 rings (SSSR count). The van der Waals surface area contributed by atoms with Crippen LogP contribution in [-0.4, -0.2) is 21.0 Å². The first-order chi connectivity index (χ1) is 9.54. The van der Waals surface area contributed by atoms with Gasteiger partial charge in [0.1, 0.15) is 5.82 Å². The second kappa shape index (κ2) is 5.74. The molecule has 106 valence electrons. The van der Waals surface area contributed by atoms with Gasteiger partial charge in [0.05, 0.1) is 10.6 Å². The minimum Gasteiger partial charge on any atom is -0.330 e. The molecule has 2 N–H and O–H groups in total. The van der Waals surface area contributed by atoms with Gasteiger partial charge in [0.25, 0.3) is 12.1 Å². The lowest BCUT2D eigenvalue weighted by Crippen LogP contribution is -2.10. The molecule has 20 heavy (non-hydrogen) atoms. The van der Waals surface area contributed by atoms with E-state index in [1.165, 1.54) is 29.1 Å². The first-order valence-electron chi connectivity index (χ1n) is 5.83. The number of alkyl halides is 2. The van der Waals surface area contributed by atoms with Crippen LogP contribution < -0.4 is 5.73 Å². The number of benzene rings is 1. The van der Waals surface area contributed by atoms with Crippen LogP contribution in [0.1, 0.15) is 17.8 Å². The monoisotopic (exact) mass is 282 g/mol. The predicted molar refractivity (Wildman–Crippen MR) is 67.9 cm³/mol. The maximum Gasteiger partial charge on any atom is 0.270 e. The summed E-state index contributed by atoms with van der Waals surface area (Å²) < 4.78 is 27.7. The molecule has 0 spiro atoms. The molecule has 0 fully saturated rings. The maximum atomic E-state index is 13.1. The molecule has 2 aromatic rings. The van der Waals surface area contributed by atoms with Gasteiger partial charge in [-0.3, -0.25) is 10.1 Å². The zero-order valence-electron chi connectivity index (χ0n) is 10.4. The van der Waals surface area contributed by atoms with E-state index in [0.717, 1.165) is 6.07 Å². The summed E-state index contributed by atoms with van der Waals surface area (Å²) in [6, 6.07) is 3.36. The van der Waals surface area contributed by atoms with Gasteiger partial charge in [0, 0.05) is 36.5 Å². The molecule has 0 atom stereocenters. The number of aromatic nitrogens is 2. The number of imidazole rings is 1. The zero-order chi connectivity index (χ0) is 14.7. The van der Waals surface area contributed by atoms with Crippen LogP contribution in [-0.2, 0) is 6.42 Å². The topological polar surface area (TPSA) is 87.0 Å². The van der Waals surface area contributed by atoms with Crippen molar-refractivity contribution in [3.8, 4) is 5.69 Å². The highest BCUT2D eigenvalue weighted by Crippen LogP contribution is 2.30. The molecule has 0 unspecified atom stereocenters. The van der Waals surface area contributed by atoms with Crippen LogP contribution in [0.4, 0.5) is 14.5 Å². The molecule has 0 aliphatic heterocycles. The van der Waals surface area contributed by atoms with Crippen molar-refractivity contribution in [1.82, 2.24) is 9.55 Å². The number of nitro groups is 1. The number of nitrogens with zero attached hydrogens (tertiary/aromatic N) is 3. The molecule has 1 heterocycles. The average molecular weight is 282 g/mol. The van der Waals surface area contributed by atoms with Crippen LogP contribution in [0.25, 0.3) is 5.69 Å². The number of non-ortho nitro benzene ring substituents is 1. The third kappa shape index (κ3) is 2.64. The third-order valence-corrected chi connectivity index (χ3v) is 2.80. The predicted octanol–water partition coefficient (Wildman–Crippen LogP) is 2.22. The first-order valence-corrected chi connectivity index (χ1v) is 5.83. The van der Waals surface area contributed by atoms with Gasteiger partial charge in [-0.2, -0.15) is 0 Å². The molecule has 0 aliphatic rings. The third-order valence-electron chi connectivity index (χ3n) is 2.80. The van der Waals surface area contributed by atoms with E-state index in [2.05, 4.69) is 4.98 Å². The summed E-state index contributed by atoms with van der Waals surface area (Å²) >= 11 is 0. The second-order valence-electron chi connectivity index (χ2n) is 4.05. The van der Waals surface area contributed by atoms with E-state index >= 15 is 0 Å². The Bertz CT molecular complexity index is 628. The average Bonchev–Trinajstić information content (AvgIpc) is 2.86. The molecule has 0 radical (unpaired) electrons. The highest BCUT2D eigenvalue weighted by molar-refractivity contribution is 5.49. The largest absolute Gasteiger partial charge is 0.330 e. The first kappa shape index (κ1) is 14.1. The Hall–Kier alpha value is -2.35. The fourth-order valence-corrected chi connectivity index (χ4v) is 1.92. The molecule has 6 nitrogen and oxygen atoms in total. The van der Waals surface area contributed by atoms with Crippen molar-refractivity contribution in [1.29, 1.82) is 0 Å². The number of hydrogen-bond donors (Lipinski definition) is 1. The Morgan fingerprint density at radius 1 is 1.45 bits per heavy atom. The number of halogens is 2. The van der Waals surface area contributed by atoms with E-state index in [4.69, 9.17) is 5.73 Å². The molecule has 0 saturated heterocycles. The molecular weight excluding hydrogens is 270 g/mol. The van der Waals surface area contributed by atoms with E-state index in [1.807, 2.05) is 0 Å². The molecule has 1 aromatic carbocycles. The van der Waals surface area contributed by atoms with E-state index in [1.54, 1.807) is 0 Å². The van der Waals surface area contributed by atoms with E-state index in [-0.39, 0.29) is 11.4 Å². The molecule has 0 amide bonds. The SMILES string of the molecule is NCCc1nccn1-c1ccc([N+](=O)[O-])cc1C(F)F. The summed E-state index contributed by atoms with van der Waals surface area (Å²) in [5.74, 6) is 0.531. The van der Waals surface area contributed by atoms with Crippen LogP contribution >= 0.6 is 0 Å². The van der Waals surface area contributed by atoms with Gasteiger partial charge < -0.3 is 10.3 Å². The standard InChI is InChI=1S/C12H12F2N4O2/c13-12(14)9-7-8(18(19)20)1-2-10(9)17-6-5-16-11(17)3-4-15/h1-2,5-7,12H,3-4,15H2. The van der Waals surface area contributed by atoms with Gasteiger partial charge in [-0.15, -0.1) is 0 Å². The highest BCUT2D eigenvalue weighted by atomic mass is 19.3. The van der Waals surface area contributed by atoms with Crippen LogP contribution in [0.3, 0.4) is 0 Å². The fraction of sp³-hybridized carbons (Fsp3) is 0.250. The van der Waals surface area contributed by atoms with Crippen molar-refractivity contribution in [2.75, 3.05) is 6.54 Å². The van der Waals surface area contributed by atoms with Gasteiger partial charge in [0.2, 0.25) is 0 Å².